The first kappa shape index (κ1) is 14.0. The third-order valence-corrected chi connectivity index (χ3v) is 4.43. The summed E-state index contributed by atoms with van der Waals surface area (Å²) in [4.78, 5) is 2.44. The molecule has 1 aromatic carbocycles. The minimum atomic E-state index is -0.515. The third kappa shape index (κ3) is 3.56. The maximum absolute atomic E-state index is 10.7. The highest BCUT2D eigenvalue weighted by atomic mass is 79.9. The van der Waals surface area contributed by atoms with Crippen molar-refractivity contribution in [2.75, 3.05) is 13.1 Å². The Kier molecular flexibility index (Phi) is 4.46. The van der Waals surface area contributed by atoms with E-state index in [0.29, 0.717) is 6.04 Å². The van der Waals surface area contributed by atoms with Crippen LogP contribution in [-0.2, 0) is 6.42 Å². The summed E-state index contributed by atoms with van der Waals surface area (Å²) in [7, 11) is 0. The van der Waals surface area contributed by atoms with Crippen molar-refractivity contribution in [3.63, 3.8) is 0 Å². The normalized spacial score (nSPS) is 20.3. The highest BCUT2D eigenvalue weighted by Crippen LogP contribution is 2.27. The first-order chi connectivity index (χ1) is 8.48. The number of hydrogen-bond acceptors (Lipinski definition) is 2. The zero-order valence-electron chi connectivity index (χ0n) is 11.2. The van der Waals surface area contributed by atoms with Gasteiger partial charge in [0.25, 0.3) is 0 Å². The maximum atomic E-state index is 10.7. The SMILES string of the molecule is CC(C)N1CCC(O)(Cc2ccc(Br)cc2)CC1. The van der Waals surface area contributed by atoms with E-state index in [0.717, 1.165) is 36.8 Å². The molecule has 0 amide bonds. The van der Waals surface area contributed by atoms with Gasteiger partial charge in [0.05, 0.1) is 5.60 Å². The van der Waals surface area contributed by atoms with Gasteiger partial charge < -0.3 is 10.0 Å². The Bertz CT molecular complexity index is 380. The summed E-state index contributed by atoms with van der Waals surface area (Å²) in [5.41, 5.74) is 0.706. The van der Waals surface area contributed by atoms with Gasteiger partial charge in [0, 0.05) is 30.0 Å². The summed E-state index contributed by atoms with van der Waals surface area (Å²) in [6, 6.07) is 8.86. The molecule has 0 saturated carbocycles. The van der Waals surface area contributed by atoms with E-state index < -0.39 is 5.60 Å². The molecule has 1 aromatic rings. The van der Waals surface area contributed by atoms with E-state index in [9.17, 15) is 5.11 Å². The van der Waals surface area contributed by atoms with Gasteiger partial charge in [0.1, 0.15) is 0 Å². The van der Waals surface area contributed by atoms with Gasteiger partial charge in [0.2, 0.25) is 0 Å². The summed E-state index contributed by atoms with van der Waals surface area (Å²) in [5.74, 6) is 0. The van der Waals surface area contributed by atoms with Crippen molar-refractivity contribution in [2.45, 2.75) is 44.8 Å². The van der Waals surface area contributed by atoms with Gasteiger partial charge in [0.15, 0.2) is 0 Å². The van der Waals surface area contributed by atoms with Crippen molar-refractivity contribution in [1.82, 2.24) is 4.90 Å². The van der Waals surface area contributed by atoms with E-state index in [1.165, 1.54) is 5.56 Å². The molecular weight excluding hydrogens is 290 g/mol. The average molecular weight is 312 g/mol. The highest BCUT2D eigenvalue weighted by Gasteiger charge is 2.32. The van der Waals surface area contributed by atoms with E-state index in [1.807, 2.05) is 12.1 Å². The van der Waals surface area contributed by atoms with Crippen LogP contribution in [0.3, 0.4) is 0 Å². The van der Waals surface area contributed by atoms with Crippen LogP contribution in [0.4, 0.5) is 0 Å². The fourth-order valence-corrected chi connectivity index (χ4v) is 2.88. The third-order valence-electron chi connectivity index (χ3n) is 3.91. The monoisotopic (exact) mass is 311 g/mol. The minimum absolute atomic E-state index is 0.515. The topological polar surface area (TPSA) is 23.5 Å². The van der Waals surface area contributed by atoms with Gasteiger partial charge in [-0.15, -0.1) is 0 Å². The largest absolute Gasteiger partial charge is 0.389 e. The molecule has 1 heterocycles. The molecule has 1 fully saturated rings. The van der Waals surface area contributed by atoms with Crippen molar-refractivity contribution in [2.24, 2.45) is 0 Å². The molecule has 100 valence electrons. The standard InChI is InChI=1S/C15H22BrNO/c1-12(2)17-9-7-15(18,8-10-17)11-13-3-5-14(16)6-4-13/h3-6,12,18H,7-11H2,1-2H3. The van der Waals surface area contributed by atoms with Crippen LogP contribution in [0, 0.1) is 0 Å². The van der Waals surface area contributed by atoms with E-state index in [1.54, 1.807) is 0 Å². The Morgan fingerprint density at radius 1 is 1.22 bits per heavy atom. The van der Waals surface area contributed by atoms with Crippen molar-refractivity contribution < 1.29 is 5.11 Å². The molecule has 1 saturated heterocycles. The van der Waals surface area contributed by atoms with Crippen molar-refractivity contribution in [3.8, 4) is 0 Å². The van der Waals surface area contributed by atoms with Crippen LogP contribution in [0.25, 0.3) is 0 Å². The Hall–Kier alpha value is -0.380. The van der Waals surface area contributed by atoms with Gasteiger partial charge in [-0.1, -0.05) is 28.1 Å². The molecule has 0 aromatic heterocycles. The van der Waals surface area contributed by atoms with E-state index in [4.69, 9.17) is 0 Å². The smallest absolute Gasteiger partial charge is 0.0712 e. The highest BCUT2D eigenvalue weighted by molar-refractivity contribution is 9.10. The van der Waals surface area contributed by atoms with Gasteiger partial charge in [-0.05, 0) is 44.4 Å². The van der Waals surface area contributed by atoms with Gasteiger partial charge in [-0.2, -0.15) is 0 Å². The Morgan fingerprint density at radius 3 is 2.28 bits per heavy atom. The molecule has 1 aliphatic rings. The second kappa shape index (κ2) is 5.72. The van der Waals surface area contributed by atoms with Gasteiger partial charge in [-0.25, -0.2) is 0 Å². The number of hydrogen-bond donors (Lipinski definition) is 1. The molecule has 0 atom stereocenters. The first-order valence-corrected chi connectivity index (χ1v) is 7.49. The van der Waals surface area contributed by atoms with Gasteiger partial charge in [-0.3, -0.25) is 0 Å². The fraction of sp³-hybridized carbons (Fsp3) is 0.600. The minimum Gasteiger partial charge on any atom is -0.389 e. The number of benzene rings is 1. The van der Waals surface area contributed by atoms with Crippen LogP contribution in [0.15, 0.2) is 28.7 Å². The Labute approximate surface area is 118 Å². The van der Waals surface area contributed by atoms with Crippen LogP contribution in [0.2, 0.25) is 0 Å². The van der Waals surface area contributed by atoms with Crippen LogP contribution in [0.5, 0.6) is 0 Å². The molecular formula is C15H22BrNO. The molecule has 0 aliphatic carbocycles. The molecule has 3 heteroatoms. The number of likely N-dealkylation sites (tertiary alicyclic amines) is 1. The molecule has 0 unspecified atom stereocenters. The first-order valence-electron chi connectivity index (χ1n) is 6.69. The second-order valence-electron chi connectivity index (χ2n) is 5.66. The van der Waals surface area contributed by atoms with Crippen LogP contribution < -0.4 is 0 Å². The zero-order chi connectivity index (χ0) is 13.2. The van der Waals surface area contributed by atoms with Crippen molar-refractivity contribution in [1.29, 1.82) is 0 Å². The molecule has 1 N–H and O–H groups in total. The maximum Gasteiger partial charge on any atom is 0.0712 e. The second-order valence-corrected chi connectivity index (χ2v) is 6.57. The number of piperidine rings is 1. The van der Waals surface area contributed by atoms with Crippen LogP contribution >= 0.6 is 15.9 Å². The van der Waals surface area contributed by atoms with Crippen LogP contribution in [-0.4, -0.2) is 34.7 Å². The van der Waals surface area contributed by atoms with E-state index in [2.05, 4.69) is 46.8 Å². The number of nitrogens with zero attached hydrogens (tertiary/aromatic N) is 1. The summed E-state index contributed by atoms with van der Waals surface area (Å²) in [6.45, 7) is 6.45. The molecule has 2 rings (SSSR count). The van der Waals surface area contributed by atoms with E-state index >= 15 is 0 Å². The predicted molar refractivity (Wildman–Crippen MR) is 78.7 cm³/mol. The van der Waals surface area contributed by atoms with Crippen molar-refractivity contribution in [3.05, 3.63) is 34.3 Å². The van der Waals surface area contributed by atoms with E-state index in [-0.39, 0.29) is 0 Å². The lowest BCUT2D eigenvalue weighted by Gasteiger charge is -2.40. The Morgan fingerprint density at radius 2 is 1.78 bits per heavy atom. The summed E-state index contributed by atoms with van der Waals surface area (Å²) < 4.78 is 1.09. The van der Waals surface area contributed by atoms with Gasteiger partial charge >= 0.3 is 0 Å². The van der Waals surface area contributed by atoms with Crippen LogP contribution in [0.1, 0.15) is 32.3 Å². The zero-order valence-corrected chi connectivity index (χ0v) is 12.8. The summed E-state index contributed by atoms with van der Waals surface area (Å²) in [5, 5.41) is 10.7. The Balaban J connectivity index is 1.95. The predicted octanol–water partition coefficient (Wildman–Crippen LogP) is 3.23. The number of halogens is 1. The lowest BCUT2D eigenvalue weighted by molar-refractivity contribution is -0.0271. The summed E-state index contributed by atoms with van der Waals surface area (Å²) >= 11 is 3.44. The fourth-order valence-electron chi connectivity index (χ4n) is 2.62. The lowest BCUT2D eigenvalue weighted by atomic mass is 9.85. The molecule has 2 nitrogen and oxygen atoms in total. The molecule has 0 bridgehead atoms. The van der Waals surface area contributed by atoms with Crippen molar-refractivity contribution >= 4 is 15.9 Å². The summed E-state index contributed by atoms with van der Waals surface area (Å²) in [6.07, 6.45) is 2.52. The molecule has 0 spiro atoms. The molecule has 18 heavy (non-hydrogen) atoms. The number of rotatable bonds is 3. The average Bonchev–Trinajstić information content (AvgIpc) is 2.32. The molecule has 0 radical (unpaired) electrons. The quantitative estimate of drug-likeness (QED) is 0.926. The molecule has 1 aliphatic heterocycles. The lowest BCUT2D eigenvalue weighted by Crippen LogP contribution is -2.47. The number of aliphatic hydroxyl groups is 1.